The first-order chi connectivity index (χ1) is 11.9. The lowest BCUT2D eigenvalue weighted by Gasteiger charge is -2.10. The maximum Gasteiger partial charge on any atom is 0.339 e. The van der Waals surface area contributed by atoms with Gasteiger partial charge in [0.2, 0.25) is 0 Å². The summed E-state index contributed by atoms with van der Waals surface area (Å²) in [5.74, 6) is -0.683. The number of aryl methyl sites for hydroxylation is 2. The SMILES string of the molecule is CCS(=O)c1ccccc1C(=O)OCC(=O)Nc1cc(C)cc(C)c1. The average Bonchev–Trinajstić information content (AvgIpc) is 2.58. The van der Waals surface area contributed by atoms with E-state index >= 15 is 0 Å². The van der Waals surface area contributed by atoms with Crippen molar-refractivity contribution in [3.8, 4) is 0 Å². The molecular formula is C19H21NO4S. The van der Waals surface area contributed by atoms with E-state index in [9.17, 15) is 13.8 Å². The molecule has 1 N–H and O–H groups in total. The Hall–Kier alpha value is -2.47. The fourth-order valence-corrected chi connectivity index (χ4v) is 3.38. The number of ether oxygens (including phenoxy) is 1. The van der Waals surface area contributed by atoms with E-state index < -0.39 is 29.3 Å². The Morgan fingerprint density at radius 2 is 1.72 bits per heavy atom. The lowest BCUT2D eigenvalue weighted by molar-refractivity contribution is -0.119. The summed E-state index contributed by atoms with van der Waals surface area (Å²) in [6.45, 7) is 5.25. The average molecular weight is 359 g/mol. The van der Waals surface area contributed by atoms with Crippen LogP contribution in [0, 0.1) is 13.8 Å². The maximum atomic E-state index is 12.2. The minimum Gasteiger partial charge on any atom is -0.452 e. The minimum atomic E-state index is -1.27. The second-order valence-corrected chi connectivity index (χ2v) is 7.34. The van der Waals surface area contributed by atoms with Gasteiger partial charge in [0.05, 0.1) is 21.3 Å². The topological polar surface area (TPSA) is 72.5 Å². The molecule has 5 nitrogen and oxygen atoms in total. The third-order valence-corrected chi connectivity index (χ3v) is 4.83. The normalized spacial score (nSPS) is 11.6. The van der Waals surface area contributed by atoms with Gasteiger partial charge < -0.3 is 10.1 Å². The lowest BCUT2D eigenvalue weighted by Crippen LogP contribution is -2.21. The first-order valence-electron chi connectivity index (χ1n) is 7.93. The van der Waals surface area contributed by atoms with Gasteiger partial charge in [-0.3, -0.25) is 9.00 Å². The molecule has 0 saturated carbocycles. The summed E-state index contributed by atoms with van der Waals surface area (Å²) < 4.78 is 17.1. The van der Waals surface area contributed by atoms with E-state index in [4.69, 9.17) is 4.74 Å². The largest absolute Gasteiger partial charge is 0.452 e. The van der Waals surface area contributed by atoms with Crippen LogP contribution in [0.1, 0.15) is 28.4 Å². The predicted octanol–water partition coefficient (Wildman–Crippen LogP) is 3.23. The zero-order valence-electron chi connectivity index (χ0n) is 14.5. The van der Waals surface area contributed by atoms with Crippen LogP contribution in [-0.2, 0) is 20.3 Å². The monoisotopic (exact) mass is 359 g/mol. The van der Waals surface area contributed by atoms with Crippen LogP contribution >= 0.6 is 0 Å². The number of hydrogen-bond acceptors (Lipinski definition) is 4. The van der Waals surface area contributed by atoms with Gasteiger partial charge in [-0.15, -0.1) is 0 Å². The van der Waals surface area contributed by atoms with E-state index in [0.717, 1.165) is 11.1 Å². The van der Waals surface area contributed by atoms with Gasteiger partial charge in [-0.1, -0.05) is 25.1 Å². The number of esters is 1. The van der Waals surface area contributed by atoms with Gasteiger partial charge in [0.15, 0.2) is 6.61 Å². The molecule has 0 aromatic heterocycles. The van der Waals surface area contributed by atoms with Gasteiger partial charge in [-0.25, -0.2) is 4.79 Å². The molecule has 0 aliphatic carbocycles. The van der Waals surface area contributed by atoms with Crippen LogP contribution in [0.25, 0.3) is 0 Å². The van der Waals surface area contributed by atoms with E-state index in [1.807, 2.05) is 32.0 Å². The second-order valence-electron chi connectivity index (χ2n) is 5.63. The van der Waals surface area contributed by atoms with Crippen LogP contribution in [0.4, 0.5) is 5.69 Å². The highest BCUT2D eigenvalue weighted by Gasteiger charge is 2.17. The Labute approximate surface area is 149 Å². The third-order valence-electron chi connectivity index (χ3n) is 3.45. The van der Waals surface area contributed by atoms with Crippen molar-refractivity contribution in [1.29, 1.82) is 0 Å². The summed E-state index contributed by atoms with van der Waals surface area (Å²) in [5.41, 5.74) is 2.94. The number of carbonyl (C=O) groups is 2. The molecule has 0 fully saturated rings. The molecule has 1 atom stereocenters. The number of hydrogen-bond donors (Lipinski definition) is 1. The molecule has 0 bridgehead atoms. The molecule has 1 amide bonds. The molecule has 0 spiro atoms. The van der Waals surface area contributed by atoms with Gasteiger partial charge in [-0.2, -0.15) is 0 Å². The molecule has 1 unspecified atom stereocenters. The predicted molar refractivity (Wildman–Crippen MR) is 98.2 cm³/mol. The van der Waals surface area contributed by atoms with Gasteiger partial charge in [-0.05, 0) is 49.2 Å². The first kappa shape index (κ1) is 18.9. The van der Waals surface area contributed by atoms with E-state index in [1.54, 1.807) is 31.2 Å². The van der Waals surface area contributed by atoms with Crippen LogP contribution in [0.15, 0.2) is 47.4 Å². The van der Waals surface area contributed by atoms with Crippen molar-refractivity contribution in [3.05, 3.63) is 59.2 Å². The summed E-state index contributed by atoms with van der Waals surface area (Å²) >= 11 is 0. The summed E-state index contributed by atoms with van der Waals surface area (Å²) in [7, 11) is -1.27. The fourth-order valence-electron chi connectivity index (χ4n) is 2.44. The Kier molecular flexibility index (Phi) is 6.47. The number of rotatable bonds is 6. The molecule has 6 heteroatoms. The number of benzene rings is 2. The lowest BCUT2D eigenvalue weighted by atomic mass is 10.1. The molecule has 0 radical (unpaired) electrons. The van der Waals surface area contributed by atoms with Crippen LogP contribution in [-0.4, -0.2) is 28.4 Å². The Morgan fingerprint density at radius 1 is 1.08 bits per heavy atom. The molecule has 0 saturated heterocycles. The second kappa shape index (κ2) is 8.58. The third kappa shape index (κ3) is 5.26. The first-order valence-corrected chi connectivity index (χ1v) is 9.25. The van der Waals surface area contributed by atoms with E-state index in [0.29, 0.717) is 16.3 Å². The molecular weight excluding hydrogens is 338 g/mol. The van der Waals surface area contributed by atoms with Crippen LogP contribution < -0.4 is 5.32 Å². The standard InChI is InChI=1S/C19H21NO4S/c1-4-25(23)17-8-6-5-7-16(17)19(22)24-12-18(21)20-15-10-13(2)9-14(3)11-15/h5-11H,4,12H2,1-3H3,(H,20,21). The van der Waals surface area contributed by atoms with E-state index in [1.165, 1.54) is 0 Å². The van der Waals surface area contributed by atoms with Crippen molar-refractivity contribution in [3.63, 3.8) is 0 Å². The summed E-state index contributed by atoms with van der Waals surface area (Å²) in [4.78, 5) is 24.6. The molecule has 2 aromatic rings. The van der Waals surface area contributed by atoms with Gasteiger partial charge in [0, 0.05) is 11.4 Å². The maximum absolute atomic E-state index is 12.2. The molecule has 0 aliphatic heterocycles. The van der Waals surface area contributed by atoms with Crippen molar-refractivity contribution in [2.24, 2.45) is 0 Å². The summed E-state index contributed by atoms with van der Waals surface area (Å²) in [6, 6.07) is 12.2. The van der Waals surface area contributed by atoms with Crippen molar-refractivity contribution in [2.75, 3.05) is 17.7 Å². The van der Waals surface area contributed by atoms with E-state index in [2.05, 4.69) is 5.32 Å². The summed E-state index contributed by atoms with van der Waals surface area (Å²) in [5, 5.41) is 2.70. The van der Waals surface area contributed by atoms with Crippen LogP contribution in [0.5, 0.6) is 0 Å². The number of amides is 1. The van der Waals surface area contributed by atoms with E-state index in [-0.39, 0.29) is 5.56 Å². The minimum absolute atomic E-state index is 0.224. The summed E-state index contributed by atoms with van der Waals surface area (Å²) in [6.07, 6.45) is 0. The molecule has 2 aromatic carbocycles. The quantitative estimate of drug-likeness (QED) is 0.804. The molecule has 0 aliphatic rings. The Morgan fingerprint density at radius 3 is 2.36 bits per heavy atom. The smallest absolute Gasteiger partial charge is 0.339 e. The molecule has 2 rings (SSSR count). The highest BCUT2D eigenvalue weighted by molar-refractivity contribution is 7.85. The fraction of sp³-hybridized carbons (Fsp3) is 0.263. The zero-order valence-corrected chi connectivity index (χ0v) is 15.3. The Balaban J connectivity index is 2.00. The highest BCUT2D eigenvalue weighted by Crippen LogP contribution is 2.16. The van der Waals surface area contributed by atoms with Crippen LogP contribution in [0.2, 0.25) is 0 Å². The Bertz CT molecular complexity index is 797. The van der Waals surface area contributed by atoms with Gasteiger partial charge >= 0.3 is 5.97 Å². The highest BCUT2D eigenvalue weighted by atomic mass is 32.2. The van der Waals surface area contributed by atoms with Gasteiger partial charge in [0.25, 0.3) is 5.91 Å². The van der Waals surface area contributed by atoms with Crippen LogP contribution in [0.3, 0.4) is 0 Å². The number of carbonyl (C=O) groups excluding carboxylic acids is 2. The van der Waals surface area contributed by atoms with Crippen molar-refractivity contribution < 1.29 is 18.5 Å². The number of anilines is 1. The van der Waals surface area contributed by atoms with Gasteiger partial charge in [0.1, 0.15) is 0 Å². The molecule has 25 heavy (non-hydrogen) atoms. The number of nitrogens with one attached hydrogen (secondary N) is 1. The molecule has 0 heterocycles. The van der Waals surface area contributed by atoms with Crippen molar-refractivity contribution >= 4 is 28.4 Å². The molecule has 132 valence electrons. The zero-order chi connectivity index (χ0) is 18.4. The van der Waals surface area contributed by atoms with Crippen molar-refractivity contribution in [1.82, 2.24) is 0 Å². The van der Waals surface area contributed by atoms with Crippen molar-refractivity contribution in [2.45, 2.75) is 25.7 Å².